The summed E-state index contributed by atoms with van der Waals surface area (Å²) in [4.78, 5) is 2.50. The number of hydrogen-bond acceptors (Lipinski definition) is 3. The number of nitrogens with zero attached hydrogens (tertiary/aromatic N) is 1. The minimum Gasteiger partial charge on any atom is -0.380 e. The van der Waals surface area contributed by atoms with Crippen molar-refractivity contribution < 1.29 is 4.74 Å². The van der Waals surface area contributed by atoms with Crippen LogP contribution in [0.3, 0.4) is 0 Å². The Morgan fingerprint density at radius 3 is 3.00 bits per heavy atom. The molecule has 3 nitrogen and oxygen atoms in total. The summed E-state index contributed by atoms with van der Waals surface area (Å²) in [5.74, 6) is 0.807. The van der Waals surface area contributed by atoms with Crippen LogP contribution in [0, 0.1) is 5.92 Å². The molecule has 2 atom stereocenters. The molecule has 2 N–H and O–H groups in total. The molecule has 94 valence electrons. The summed E-state index contributed by atoms with van der Waals surface area (Å²) in [6, 6.07) is 0. The maximum absolute atomic E-state index is 6.55. The van der Waals surface area contributed by atoms with Gasteiger partial charge in [-0.05, 0) is 25.2 Å². The predicted octanol–water partition coefficient (Wildman–Crippen LogP) is 1.62. The fraction of sp³-hybridized carbons (Fsp3) is 1.00. The highest BCUT2D eigenvalue weighted by molar-refractivity contribution is 4.92. The quantitative estimate of drug-likeness (QED) is 0.777. The summed E-state index contributed by atoms with van der Waals surface area (Å²) in [6.07, 6.45) is 6.23. The maximum atomic E-state index is 6.55. The summed E-state index contributed by atoms with van der Waals surface area (Å²) in [5, 5.41) is 0. The van der Waals surface area contributed by atoms with Crippen molar-refractivity contribution in [3.8, 4) is 0 Å². The number of rotatable bonds is 2. The molecule has 0 radical (unpaired) electrons. The van der Waals surface area contributed by atoms with E-state index in [1.807, 2.05) is 0 Å². The zero-order chi connectivity index (χ0) is 11.4. The normalized spacial score (nSPS) is 38.2. The molecule has 0 aromatic carbocycles. The van der Waals surface area contributed by atoms with Crippen LogP contribution in [0.5, 0.6) is 0 Å². The van der Waals surface area contributed by atoms with Crippen LogP contribution in [-0.2, 0) is 4.74 Å². The van der Waals surface area contributed by atoms with Crippen molar-refractivity contribution in [3.05, 3.63) is 0 Å². The second-order valence-corrected chi connectivity index (χ2v) is 5.81. The SMILES string of the molecule is CC1CCCC(N)(CN2CCCOCC2)C1. The first kappa shape index (κ1) is 12.3. The Morgan fingerprint density at radius 1 is 1.31 bits per heavy atom. The Kier molecular flexibility index (Phi) is 4.22. The molecule has 1 saturated heterocycles. The highest BCUT2D eigenvalue weighted by Crippen LogP contribution is 2.31. The molecule has 3 heteroatoms. The Bertz CT molecular complexity index is 214. The molecule has 0 aromatic rings. The van der Waals surface area contributed by atoms with E-state index in [1.54, 1.807) is 0 Å². The van der Waals surface area contributed by atoms with Crippen LogP contribution in [0.15, 0.2) is 0 Å². The van der Waals surface area contributed by atoms with E-state index in [0.717, 1.165) is 45.2 Å². The molecule has 1 aliphatic carbocycles. The standard InChI is InChI=1S/C13H26N2O/c1-12-4-2-5-13(14,10-12)11-15-6-3-8-16-9-7-15/h12H,2-11,14H2,1H3. The Hall–Kier alpha value is -0.120. The summed E-state index contributed by atoms with van der Waals surface area (Å²) in [5.41, 5.74) is 6.62. The zero-order valence-electron chi connectivity index (χ0n) is 10.6. The highest BCUT2D eigenvalue weighted by Gasteiger charge is 2.32. The van der Waals surface area contributed by atoms with Crippen molar-refractivity contribution >= 4 is 0 Å². The van der Waals surface area contributed by atoms with Gasteiger partial charge in [0.2, 0.25) is 0 Å². The molecule has 0 aromatic heterocycles. The lowest BCUT2D eigenvalue weighted by Gasteiger charge is -2.40. The third-order valence-corrected chi connectivity index (χ3v) is 3.98. The number of ether oxygens (including phenoxy) is 1. The van der Waals surface area contributed by atoms with Gasteiger partial charge in [0.15, 0.2) is 0 Å². The van der Waals surface area contributed by atoms with E-state index in [0.29, 0.717) is 0 Å². The third-order valence-electron chi connectivity index (χ3n) is 3.98. The molecule has 2 unspecified atom stereocenters. The molecular weight excluding hydrogens is 200 g/mol. The van der Waals surface area contributed by atoms with E-state index in [9.17, 15) is 0 Å². The summed E-state index contributed by atoms with van der Waals surface area (Å²) in [6.45, 7) is 7.43. The largest absolute Gasteiger partial charge is 0.380 e. The molecule has 0 spiro atoms. The monoisotopic (exact) mass is 226 g/mol. The lowest BCUT2D eigenvalue weighted by molar-refractivity contribution is 0.124. The molecule has 16 heavy (non-hydrogen) atoms. The molecule has 0 amide bonds. The van der Waals surface area contributed by atoms with Crippen LogP contribution >= 0.6 is 0 Å². The van der Waals surface area contributed by atoms with E-state index in [1.165, 1.54) is 25.7 Å². The van der Waals surface area contributed by atoms with Crippen LogP contribution in [0.4, 0.5) is 0 Å². The topological polar surface area (TPSA) is 38.5 Å². The van der Waals surface area contributed by atoms with E-state index < -0.39 is 0 Å². The molecule has 1 heterocycles. The molecule has 2 fully saturated rings. The first-order chi connectivity index (χ1) is 7.68. The van der Waals surface area contributed by atoms with Crippen LogP contribution in [-0.4, -0.2) is 43.3 Å². The van der Waals surface area contributed by atoms with Crippen molar-refractivity contribution in [2.75, 3.05) is 32.8 Å². The van der Waals surface area contributed by atoms with Crippen molar-refractivity contribution in [2.24, 2.45) is 11.7 Å². The van der Waals surface area contributed by atoms with Crippen molar-refractivity contribution in [2.45, 2.75) is 44.6 Å². The van der Waals surface area contributed by atoms with Crippen LogP contribution in [0.25, 0.3) is 0 Å². The molecule has 2 rings (SSSR count). The van der Waals surface area contributed by atoms with Gasteiger partial charge in [0.25, 0.3) is 0 Å². The van der Waals surface area contributed by atoms with Gasteiger partial charge in [0.1, 0.15) is 0 Å². The minimum atomic E-state index is 0.0714. The van der Waals surface area contributed by atoms with Gasteiger partial charge in [-0.25, -0.2) is 0 Å². The van der Waals surface area contributed by atoms with Gasteiger partial charge in [-0.2, -0.15) is 0 Å². The number of nitrogens with two attached hydrogens (primary N) is 1. The Labute approximate surface area is 99.3 Å². The molecule has 0 bridgehead atoms. The third kappa shape index (κ3) is 3.44. The highest BCUT2D eigenvalue weighted by atomic mass is 16.5. The molecular formula is C13H26N2O. The minimum absolute atomic E-state index is 0.0714. The smallest absolute Gasteiger partial charge is 0.0593 e. The zero-order valence-corrected chi connectivity index (χ0v) is 10.6. The fourth-order valence-electron chi connectivity index (χ4n) is 3.25. The Morgan fingerprint density at radius 2 is 2.19 bits per heavy atom. The summed E-state index contributed by atoms with van der Waals surface area (Å²) >= 11 is 0. The van der Waals surface area contributed by atoms with Gasteiger partial charge < -0.3 is 10.5 Å². The Balaban J connectivity index is 1.86. The maximum Gasteiger partial charge on any atom is 0.0593 e. The van der Waals surface area contributed by atoms with Crippen LogP contribution in [0.1, 0.15) is 39.0 Å². The van der Waals surface area contributed by atoms with Crippen molar-refractivity contribution in [1.82, 2.24) is 4.90 Å². The van der Waals surface area contributed by atoms with Crippen molar-refractivity contribution in [1.29, 1.82) is 0 Å². The van der Waals surface area contributed by atoms with Gasteiger partial charge in [-0.1, -0.05) is 19.8 Å². The van der Waals surface area contributed by atoms with E-state index >= 15 is 0 Å². The average Bonchev–Trinajstić information content (AvgIpc) is 2.45. The molecule has 1 aliphatic heterocycles. The lowest BCUT2D eigenvalue weighted by Crippen LogP contribution is -2.53. The second kappa shape index (κ2) is 5.48. The average molecular weight is 226 g/mol. The van der Waals surface area contributed by atoms with E-state index in [4.69, 9.17) is 10.5 Å². The van der Waals surface area contributed by atoms with Gasteiger partial charge >= 0.3 is 0 Å². The van der Waals surface area contributed by atoms with Gasteiger partial charge in [-0.3, -0.25) is 4.90 Å². The van der Waals surface area contributed by atoms with Gasteiger partial charge in [0.05, 0.1) is 6.61 Å². The lowest BCUT2D eigenvalue weighted by atomic mass is 9.77. The first-order valence-electron chi connectivity index (χ1n) is 6.77. The summed E-state index contributed by atoms with van der Waals surface area (Å²) < 4.78 is 5.49. The summed E-state index contributed by atoms with van der Waals surface area (Å²) in [7, 11) is 0. The predicted molar refractivity (Wildman–Crippen MR) is 66.4 cm³/mol. The van der Waals surface area contributed by atoms with E-state index in [-0.39, 0.29) is 5.54 Å². The fourth-order valence-corrected chi connectivity index (χ4v) is 3.25. The molecule has 2 aliphatic rings. The number of hydrogen-bond donors (Lipinski definition) is 1. The first-order valence-corrected chi connectivity index (χ1v) is 6.77. The van der Waals surface area contributed by atoms with Gasteiger partial charge in [0, 0.05) is 31.8 Å². The molecule has 1 saturated carbocycles. The van der Waals surface area contributed by atoms with Crippen LogP contribution in [0.2, 0.25) is 0 Å². The second-order valence-electron chi connectivity index (χ2n) is 5.81. The van der Waals surface area contributed by atoms with Crippen molar-refractivity contribution in [3.63, 3.8) is 0 Å². The van der Waals surface area contributed by atoms with Gasteiger partial charge in [-0.15, -0.1) is 0 Å². The van der Waals surface area contributed by atoms with Crippen LogP contribution < -0.4 is 5.73 Å². The van der Waals surface area contributed by atoms with E-state index in [2.05, 4.69) is 11.8 Å².